The molecule has 0 spiro atoms. The molecule has 15 heavy (non-hydrogen) atoms. The van der Waals surface area contributed by atoms with Crippen molar-refractivity contribution >= 4 is 39.3 Å². The molecule has 0 fully saturated rings. The van der Waals surface area contributed by atoms with E-state index in [0.717, 1.165) is 0 Å². The molecule has 2 heterocycles. The Kier molecular flexibility index (Phi) is 3.08. The smallest absolute Gasteiger partial charge is 0.228 e. The number of anilines is 2. The SMILES string of the molecule is Clc1ncc(Br)c(Nc2ncccn2)n1. The molecule has 7 heteroatoms. The molecule has 5 nitrogen and oxygen atoms in total. The van der Waals surface area contributed by atoms with Gasteiger partial charge in [0.05, 0.1) is 4.47 Å². The second kappa shape index (κ2) is 4.50. The van der Waals surface area contributed by atoms with Gasteiger partial charge in [0.2, 0.25) is 11.2 Å². The molecule has 0 amide bonds. The summed E-state index contributed by atoms with van der Waals surface area (Å²) in [5.41, 5.74) is 0. The highest BCUT2D eigenvalue weighted by Crippen LogP contribution is 2.22. The Bertz CT molecular complexity index is 464. The summed E-state index contributed by atoms with van der Waals surface area (Å²) in [5.74, 6) is 0.981. The quantitative estimate of drug-likeness (QED) is 0.859. The molecule has 2 aromatic heterocycles. The van der Waals surface area contributed by atoms with E-state index >= 15 is 0 Å². The lowest BCUT2D eigenvalue weighted by molar-refractivity contribution is 1.11. The van der Waals surface area contributed by atoms with Crippen LogP contribution in [0.15, 0.2) is 29.1 Å². The van der Waals surface area contributed by atoms with E-state index < -0.39 is 0 Å². The molecule has 0 radical (unpaired) electrons. The number of rotatable bonds is 2. The first kappa shape index (κ1) is 10.3. The first-order valence-corrected chi connectivity index (χ1v) is 5.15. The lowest BCUT2D eigenvalue weighted by Gasteiger charge is -2.04. The monoisotopic (exact) mass is 285 g/mol. The Hall–Kier alpha value is -1.27. The van der Waals surface area contributed by atoms with Crippen LogP contribution in [0.25, 0.3) is 0 Å². The molecule has 0 bridgehead atoms. The summed E-state index contributed by atoms with van der Waals surface area (Å²) < 4.78 is 0.694. The van der Waals surface area contributed by atoms with Crippen LogP contribution in [0.4, 0.5) is 11.8 Å². The van der Waals surface area contributed by atoms with Crippen molar-refractivity contribution in [2.75, 3.05) is 5.32 Å². The van der Waals surface area contributed by atoms with Crippen molar-refractivity contribution in [3.8, 4) is 0 Å². The van der Waals surface area contributed by atoms with Crippen molar-refractivity contribution in [1.29, 1.82) is 0 Å². The lowest BCUT2D eigenvalue weighted by atomic mass is 10.6. The first-order chi connectivity index (χ1) is 7.25. The van der Waals surface area contributed by atoms with Gasteiger partial charge in [0, 0.05) is 18.6 Å². The van der Waals surface area contributed by atoms with Crippen LogP contribution in [0.2, 0.25) is 5.28 Å². The van der Waals surface area contributed by atoms with Crippen LogP contribution in [-0.2, 0) is 0 Å². The molecule has 0 aliphatic heterocycles. The van der Waals surface area contributed by atoms with Gasteiger partial charge in [-0.25, -0.2) is 15.0 Å². The molecule has 0 aromatic carbocycles. The highest BCUT2D eigenvalue weighted by molar-refractivity contribution is 9.10. The summed E-state index contributed by atoms with van der Waals surface area (Å²) in [7, 11) is 0. The van der Waals surface area contributed by atoms with Crippen molar-refractivity contribution < 1.29 is 0 Å². The van der Waals surface area contributed by atoms with E-state index in [9.17, 15) is 0 Å². The van der Waals surface area contributed by atoms with E-state index in [2.05, 4.69) is 41.2 Å². The fourth-order valence-electron chi connectivity index (χ4n) is 0.903. The zero-order chi connectivity index (χ0) is 10.7. The predicted octanol–water partition coefficient (Wildman–Crippen LogP) is 2.43. The van der Waals surface area contributed by atoms with Gasteiger partial charge in [-0.1, -0.05) is 0 Å². The number of hydrogen-bond acceptors (Lipinski definition) is 5. The fraction of sp³-hybridized carbons (Fsp3) is 0. The Morgan fingerprint density at radius 1 is 1.20 bits per heavy atom. The maximum absolute atomic E-state index is 5.66. The molecule has 0 atom stereocenters. The summed E-state index contributed by atoms with van der Waals surface area (Å²) in [5, 5.41) is 3.07. The predicted molar refractivity (Wildman–Crippen MR) is 60.1 cm³/mol. The highest BCUT2D eigenvalue weighted by atomic mass is 79.9. The molecular formula is C8H5BrClN5. The van der Waals surface area contributed by atoms with Crippen LogP contribution < -0.4 is 5.32 Å². The zero-order valence-electron chi connectivity index (χ0n) is 7.35. The Morgan fingerprint density at radius 2 is 1.93 bits per heavy atom. The number of nitrogens with one attached hydrogen (secondary N) is 1. The van der Waals surface area contributed by atoms with Gasteiger partial charge in [0.1, 0.15) is 0 Å². The van der Waals surface area contributed by atoms with Gasteiger partial charge >= 0.3 is 0 Å². The normalized spacial score (nSPS) is 10.0. The van der Waals surface area contributed by atoms with Crippen molar-refractivity contribution in [2.24, 2.45) is 0 Å². The first-order valence-electron chi connectivity index (χ1n) is 3.98. The van der Waals surface area contributed by atoms with Gasteiger partial charge in [-0.2, -0.15) is 4.98 Å². The molecule has 2 aromatic rings. The minimum atomic E-state index is 0.164. The summed E-state index contributed by atoms with van der Waals surface area (Å²) in [6, 6.07) is 1.73. The summed E-state index contributed by atoms with van der Waals surface area (Å²) in [6.07, 6.45) is 4.82. The van der Waals surface area contributed by atoms with E-state index in [1.165, 1.54) is 0 Å². The molecule has 0 aliphatic rings. The van der Waals surface area contributed by atoms with E-state index in [-0.39, 0.29) is 5.28 Å². The molecule has 0 aliphatic carbocycles. The van der Waals surface area contributed by atoms with Gasteiger partial charge in [-0.05, 0) is 33.6 Å². The van der Waals surface area contributed by atoms with E-state index in [1.54, 1.807) is 24.7 Å². The topological polar surface area (TPSA) is 63.6 Å². The van der Waals surface area contributed by atoms with Crippen LogP contribution in [0, 0.1) is 0 Å². The molecular weight excluding hydrogens is 281 g/mol. The second-order valence-electron chi connectivity index (χ2n) is 2.53. The summed E-state index contributed by atoms with van der Waals surface area (Å²) >= 11 is 8.95. The van der Waals surface area contributed by atoms with Crippen LogP contribution in [-0.4, -0.2) is 19.9 Å². The number of nitrogens with zero attached hydrogens (tertiary/aromatic N) is 4. The number of aromatic nitrogens is 4. The lowest BCUT2D eigenvalue weighted by Crippen LogP contribution is -1.99. The molecule has 0 saturated heterocycles. The minimum absolute atomic E-state index is 0.164. The maximum Gasteiger partial charge on any atom is 0.228 e. The van der Waals surface area contributed by atoms with Crippen LogP contribution in [0.1, 0.15) is 0 Å². The van der Waals surface area contributed by atoms with Crippen molar-refractivity contribution in [3.05, 3.63) is 34.4 Å². The molecule has 76 valence electrons. The standard InChI is InChI=1S/C8H5BrClN5/c9-5-4-13-7(10)14-6(5)15-8-11-2-1-3-12-8/h1-4H,(H,11,12,13,14,15). The Morgan fingerprint density at radius 3 is 2.67 bits per heavy atom. The Labute approximate surface area is 99.1 Å². The molecule has 0 unspecified atom stereocenters. The van der Waals surface area contributed by atoms with E-state index in [0.29, 0.717) is 16.2 Å². The third-order valence-corrected chi connectivity index (χ3v) is 2.27. The van der Waals surface area contributed by atoms with E-state index in [1.807, 2.05) is 0 Å². The summed E-state index contributed by atoms with van der Waals surface area (Å²) in [6.45, 7) is 0. The van der Waals surface area contributed by atoms with Crippen LogP contribution >= 0.6 is 27.5 Å². The van der Waals surface area contributed by atoms with Crippen molar-refractivity contribution in [1.82, 2.24) is 19.9 Å². The van der Waals surface area contributed by atoms with E-state index in [4.69, 9.17) is 11.6 Å². The fourth-order valence-corrected chi connectivity index (χ4v) is 1.33. The highest BCUT2D eigenvalue weighted by Gasteiger charge is 2.04. The third-order valence-electron chi connectivity index (χ3n) is 1.51. The second-order valence-corrected chi connectivity index (χ2v) is 3.73. The zero-order valence-corrected chi connectivity index (χ0v) is 9.70. The largest absolute Gasteiger partial charge is 0.308 e. The molecule has 1 N–H and O–H groups in total. The average Bonchev–Trinajstić information content (AvgIpc) is 2.25. The maximum atomic E-state index is 5.66. The van der Waals surface area contributed by atoms with Gasteiger partial charge < -0.3 is 5.32 Å². The van der Waals surface area contributed by atoms with Gasteiger partial charge in [-0.15, -0.1) is 0 Å². The van der Waals surface area contributed by atoms with Crippen molar-refractivity contribution in [3.63, 3.8) is 0 Å². The average molecular weight is 287 g/mol. The van der Waals surface area contributed by atoms with Crippen molar-refractivity contribution in [2.45, 2.75) is 0 Å². The third kappa shape index (κ3) is 2.60. The molecule has 2 rings (SSSR count). The number of hydrogen-bond donors (Lipinski definition) is 1. The summed E-state index contributed by atoms with van der Waals surface area (Å²) in [4.78, 5) is 15.8. The van der Waals surface area contributed by atoms with Gasteiger partial charge in [0.15, 0.2) is 5.82 Å². The van der Waals surface area contributed by atoms with Crippen LogP contribution in [0.5, 0.6) is 0 Å². The van der Waals surface area contributed by atoms with Gasteiger partial charge in [0.25, 0.3) is 0 Å². The number of halogens is 2. The Balaban J connectivity index is 2.28. The minimum Gasteiger partial charge on any atom is -0.308 e. The van der Waals surface area contributed by atoms with Crippen LogP contribution in [0.3, 0.4) is 0 Å². The molecule has 0 saturated carbocycles. The van der Waals surface area contributed by atoms with Gasteiger partial charge in [-0.3, -0.25) is 0 Å².